The lowest BCUT2D eigenvalue weighted by Crippen LogP contribution is -1.91. The van der Waals surface area contributed by atoms with Crippen LogP contribution in [-0.2, 0) is 0 Å². The summed E-state index contributed by atoms with van der Waals surface area (Å²) < 4.78 is 0. The van der Waals surface area contributed by atoms with Crippen LogP contribution in [-0.4, -0.2) is 11.2 Å². The maximum atomic E-state index is 8.64. The van der Waals surface area contributed by atoms with Crippen molar-refractivity contribution in [1.82, 2.24) is 4.98 Å². The predicted molar refractivity (Wildman–Crippen MR) is 68.9 cm³/mol. The van der Waals surface area contributed by atoms with Crippen LogP contribution in [0.15, 0.2) is 34.7 Å². The minimum Gasteiger partial charge on any atom is -0.383 e. The van der Waals surface area contributed by atoms with E-state index in [4.69, 9.17) is 11.0 Å². The first-order valence-corrected chi connectivity index (χ1v) is 5.66. The van der Waals surface area contributed by atoms with Gasteiger partial charge in [0.05, 0.1) is 17.8 Å². The summed E-state index contributed by atoms with van der Waals surface area (Å²) in [6.07, 6.45) is 1.65. The SMILES string of the molecule is N#Cc1ccc(C=NNc2nc(N)cs2)cc1. The first-order chi connectivity index (χ1) is 8.28. The van der Waals surface area contributed by atoms with Crippen LogP contribution in [0, 0.1) is 11.3 Å². The minimum absolute atomic E-state index is 0.478. The summed E-state index contributed by atoms with van der Waals surface area (Å²) in [4.78, 5) is 4.00. The highest BCUT2D eigenvalue weighted by Crippen LogP contribution is 2.15. The second kappa shape index (κ2) is 5.09. The molecule has 0 fully saturated rings. The van der Waals surface area contributed by atoms with E-state index in [0.29, 0.717) is 16.5 Å². The van der Waals surface area contributed by atoms with Crippen molar-refractivity contribution in [3.63, 3.8) is 0 Å². The van der Waals surface area contributed by atoms with Crippen LogP contribution in [0.1, 0.15) is 11.1 Å². The summed E-state index contributed by atoms with van der Waals surface area (Å²) >= 11 is 1.39. The first-order valence-electron chi connectivity index (χ1n) is 4.78. The molecule has 0 radical (unpaired) electrons. The van der Waals surface area contributed by atoms with Crippen LogP contribution in [0.2, 0.25) is 0 Å². The van der Waals surface area contributed by atoms with Crippen LogP contribution >= 0.6 is 11.3 Å². The van der Waals surface area contributed by atoms with Gasteiger partial charge in [0.25, 0.3) is 0 Å². The second-order valence-electron chi connectivity index (χ2n) is 3.18. The van der Waals surface area contributed by atoms with E-state index >= 15 is 0 Å². The summed E-state index contributed by atoms with van der Waals surface area (Å²) in [5.74, 6) is 0.478. The zero-order chi connectivity index (χ0) is 12.1. The molecule has 6 heteroatoms. The van der Waals surface area contributed by atoms with Crippen molar-refractivity contribution in [2.75, 3.05) is 11.2 Å². The number of thiazole rings is 1. The molecule has 0 saturated heterocycles. The second-order valence-corrected chi connectivity index (χ2v) is 4.04. The topological polar surface area (TPSA) is 87.1 Å². The first kappa shape index (κ1) is 11.1. The quantitative estimate of drug-likeness (QED) is 0.638. The van der Waals surface area contributed by atoms with Crippen LogP contribution in [0.4, 0.5) is 10.9 Å². The fourth-order valence-electron chi connectivity index (χ4n) is 1.14. The van der Waals surface area contributed by atoms with Gasteiger partial charge in [-0.05, 0) is 17.7 Å². The molecule has 1 aromatic carbocycles. The largest absolute Gasteiger partial charge is 0.383 e. The zero-order valence-corrected chi connectivity index (χ0v) is 9.61. The standard InChI is InChI=1S/C11H9N5S/c12-5-8-1-3-9(4-2-8)6-14-16-11-15-10(13)7-17-11/h1-4,6-7H,13H2,(H,15,16). The Morgan fingerprint density at radius 3 is 2.76 bits per heavy atom. The number of hydrogen-bond acceptors (Lipinski definition) is 6. The number of hydrazone groups is 1. The molecule has 0 saturated carbocycles. The van der Waals surface area contributed by atoms with Gasteiger partial charge in [-0.15, -0.1) is 11.3 Å². The molecule has 0 atom stereocenters. The third kappa shape index (κ3) is 3.03. The van der Waals surface area contributed by atoms with E-state index in [1.54, 1.807) is 23.7 Å². The third-order valence-electron chi connectivity index (χ3n) is 1.94. The Balaban J connectivity index is 1.98. The number of nitrogens with zero attached hydrogens (tertiary/aromatic N) is 3. The Labute approximate surface area is 102 Å². The van der Waals surface area contributed by atoms with Crippen LogP contribution < -0.4 is 11.2 Å². The lowest BCUT2D eigenvalue weighted by atomic mass is 10.2. The Hall–Kier alpha value is -2.39. The average molecular weight is 243 g/mol. The molecular formula is C11H9N5S. The summed E-state index contributed by atoms with van der Waals surface area (Å²) in [7, 11) is 0. The van der Waals surface area contributed by atoms with Crippen LogP contribution in [0.25, 0.3) is 0 Å². The number of nitrogens with one attached hydrogen (secondary N) is 1. The highest BCUT2D eigenvalue weighted by molar-refractivity contribution is 7.14. The molecular weight excluding hydrogens is 234 g/mol. The van der Waals surface area contributed by atoms with E-state index in [9.17, 15) is 0 Å². The average Bonchev–Trinajstić information content (AvgIpc) is 2.76. The van der Waals surface area contributed by atoms with E-state index in [0.717, 1.165) is 5.56 Å². The molecule has 0 spiro atoms. The van der Waals surface area contributed by atoms with Crippen molar-refractivity contribution in [2.24, 2.45) is 5.10 Å². The van der Waals surface area contributed by atoms with Crippen LogP contribution in [0.5, 0.6) is 0 Å². The molecule has 2 aromatic rings. The van der Waals surface area contributed by atoms with E-state index in [-0.39, 0.29) is 0 Å². The van der Waals surface area contributed by atoms with E-state index in [1.165, 1.54) is 11.3 Å². The Bertz CT molecular complexity index is 564. The van der Waals surface area contributed by atoms with E-state index < -0.39 is 0 Å². The van der Waals surface area contributed by atoms with Crippen molar-refractivity contribution in [1.29, 1.82) is 5.26 Å². The highest BCUT2D eigenvalue weighted by Gasteiger charge is 1.95. The van der Waals surface area contributed by atoms with E-state index in [2.05, 4.69) is 21.6 Å². The van der Waals surface area contributed by atoms with Gasteiger partial charge in [0.1, 0.15) is 5.82 Å². The van der Waals surface area contributed by atoms with Crippen molar-refractivity contribution in [3.8, 4) is 6.07 Å². The fraction of sp³-hybridized carbons (Fsp3) is 0. The molecule has 1 aromatic heterocycles. The summed E-state index contributed by atoms with van der Waals surface area (Å²) in [6.45, 7) is 0. The highest BCUT2D eigenvalue weighted by atomic mass is 32.1. The number of anilines is 2. The van der Waals surface area contributed by atoms with Crippen molar-refractivity contribution >= 4 is 28.5 Å². The molecule has 0 amide bonds. The van der Waals surface area contributed by atoms with E-state index in [1.807, 2.05) is 12.1 Å². The fourth-order valence-corrected chi connectivity index (χ4v) is 1.69. The van der Waals surface area contributed by atoms with Gasteiger partial charge in [0.15, 0.2) is 0 Å². The molecule has 0 bridgehead atoms. The number of nitriles is 1. The van der Waals surface area contributed by atoms with Gasteiger partial charge in [-0.25, -0.2) is 4.98 Å². The molecule has 17 heavy (non-hydrogen) atoms. The van der Waals surface area contributed by atoms with Gasteiger partial charge < -0.3 is 5.73 Å². The number of nitrogen functional groups attached to an aromatic ring is 1. The number of nitrogens with two attached hydrogens (primary N) is 1. The normalized spacial score (nSPS) is 10.3. The van der Waals surface area contributed by atoms with Crippen molar-refractivity contribution < 1.29 is 0 Å². The molecule has 1 heterocycles. The molecule has 0 aliphatic heterocycles. The van der Waals surface area contributed by atoms with Gasteiger partial charge in [-0.1, -0.05) is 12.1 Å². The van der Waals surface area contributed by atoms with Crippen molar-refractivity contribution in [2.45, 2.75) is 0 Å². The van der Waals surface area contributed by atoms with Gasteiger partial charge in [0.2, 0.25) is 5.13 Å². The van der Waals surface area contributed by atoms with Gasteiger partial charge in [-0.3, -0.25) is 5.43 Å². The number of benzene rings is 1. The maximum absolute atomic E-state index is 8.64. The molecule has 2 rings (SSSR count). The molecule has 0 aliphatic rings. The maximum Gasteiger partial charge on any atom is 0.205 e. The summed E-state index contributed by atoms with van der Waals surface area (Å²) in [5.41, 5.74) is 9.78. The lowest BCUT2D eigenvalue weighted by Gasteiger charge is -1.94. The molecule has 0 aliphatic carbocycles. The van der Waals surface area contributed by atoms with Gasteiger partial charge in [0, 0.05) is 5.38 Å². The van der Waals surface area contributed by atoms with Crippen LogP contribution in [0.3, 0.4) is 0 Å². The Kier molecular flexibility index (Phi) is 3.33. The van der Waals surface area contributed by atoms with Crippen molar-refractivity contribution in [3.05, 3.63) is 40.8 Å². The van der Waals surface area contributed by atoms with Gasteiger partial charge in [-0.2, -0.15) is 10.4 Å². The predicted octanol–water partition coefficient (Wildman–Crippen LogP) is 2.04. The lowest BCUT2D eigenvalue weighted by molar-refractivity contribution is 1.29. The Morgan fingerprint density at radius 1 is 1.41 bits per heavy atom. The summed E-state index contributed by atoms with van der Waals surface area (Å²) in [6, 6.07) is 9.17. The Morgan fingerprint density at radius 2 is 2.18 bits per heavy atom. The molecule has 0 unspecified atom stereocenters. The minimum atomic E-state index is 0.478. The molecule has 3 N–H and O–H groups in total. The monoisotopic (exact) mass is 243 g/mol. The zero-order valence-electron chi connectivity index (χ0n) is 8.79. The van der Waals surface area contributed by atoms with Gasteiger partial charge >= 0.3 is 0 Å². The number of rotatable bonds is 3. The number of hydrogen-bond donors (Lipinski definition) is 2. The third-order valence-corrected chi connectivity index (χ3v) is 2.70. The smallest absolute Gasteiger partial charge is 0.205 e. The molecule has 84 valence electrons. The molecule has 5 nitrogen and oxygen atoms in total. The number of aromatic nitrogens is 1. The summed E-state index contributed by atoms with van der Waals surface area (Å²) in [5, 5.41) is 15.0.